The van der Waals surface area contributed by atoms with Crippen LogP contribution in [0.1, 0.15) is 59.5 Å². The molecule has 4 aliphatic rings. The largest absolute Gasteiger partial charge is 0.379 e. The number of aromatic nitrogens is 1. The van der Waals surface area contributed by atoms with Crippen molar-refractivity contribution in [3.8, 4) is 11.3 Å². The van der Waals surface area contributed by atoms with E-state index in [-0.39, 0.29) is 11.8 Å². The molecule has 3 aliphatic heterocycles. The van der Waals surface area contributed by atoms with Gasteiger partial charge in [0.25, 0.3) is 11.8 Å². The molecule has 0 radical (unpaired) electrons. The van der Waals surface area contributed by atoms with E-state index in [1.807, 2.05) is 40.1 Å². The molecule has 2 aromatic carbocycles. The van der Waals surface area contributed by atoms with Gasteiger partial charge in [-0.25, -0.2) is 0 Å². The van der Waals surface area contributed by atoms with Crippen molar-refractivity contribution in [3.05, 3.63) is 64.7 Å². The van der Waals surface area contributed by atoms with Crippen molar-refractivity contribution in [1.82, 2.24) is 19.1 Å². The van der Waals surface area contributed by atoms with E-state index in [9.17, 15) is 18.4 Å². The standard InChI is InChI=1S/C35H44N4O6S/c1-46(42,43,24-37-13-17-44-18-14-37)36-34(40)27-11-12-30-31(22-27)39-23-28(35(41)38-15-19-45-20-16-38)21-26-9-5-6-10-29(26)33(39)32(30)25-7-3-2-4-8-25/h5-6,9-12,21-22,25H,2-4,7-8,13-20,23-24H2,1H3,(H2,36,40,42,43). The maximum atomic E-state index is 14.0. The number of rotatable bonds is 6. The minimum Gasteiger partial charge on any atom is -0.379 e. The van der Waals surface area contributed by atoms with Crippen LogP contribution in [0.15, 0.2) is 48.0 Å². The van der Waals surface area contributed by atoms with Gasteiger partial charge in [-0.05, 0) is 48.1 Å². The van der Waals surface area contributed by atoms with Gasteiger partial charge in [0.15, 0.2) is 0 Å². The van der Waals surface area contributed by atoms with Crippen LogP contribution in [0, 0.1) is 0 Å². The smallest absolute Gasteiger partial charge is 0.268 e. The Balaban J connectivity index is 1.32. The van der Waals surface area contributed by atoms with Crippen LogP contribution < -0.4 is 4.72 Å². The summed E-state index contributed by atoms with van der Waals surface area (Å²) in [7, 11) is -4.51. The van der Waals surface area contributed by atoms with Gasteiger partial charge < -0.3 is 18.9 Å². The molecule has 10 nitrogen and oxygen atoms in total. The first-order valence-corrected chi connectivity index (χ1v) is 19.0. The Bertz CT molecular complexity index is 1760. The van der Waals surface area contributed by atoms with E-state index in [1.165, 1.54) is 31.1 Å². The Morgan fingerprint density at radius 2 is 1.65 bits per heavy atom. The number of carbonyl (C=O) groups is 2. The highest BCUT2D eigenvalue weighted by atomic mass is 32.3. The van der Waals surface area contributed by atoms with Crippen LogP contribution in [-0.2, 0) is 30.3 Å². The molecule has 3 fully saturated rings. The molecular formula is C35H44N4O6S. The molecule has 1 aromatic heterocycles. The lowest BCUT2D eigenvalue weighted by Crippen LogP contribution is -2.57. The number of fused-ring (bicyclic) bond motifs is 5. The van der Waals surface area contributed by atoms with Crippen molar-refractivity contribution < 1.29 is 27.8 Å². The Morgan fingerprint density at radius 1 is 0.957 bits per heavy atom. The van der Waals surface area contributed by atoms with Gasteiger partial charge in [0.2, 0.25) is 0 Å². The van der Waals surface area contributed by atoms with Crippen LogP contribution in [0.2, 0.25) is 0 Å². The summed E-state index contributed by atoms with van der Waals surface area (Å²) in [6, 6.07) is 13.9. The van der Waals surface area contributed by atoms with Gasteiger partial charge in [-0.15, -0.1) is 9.53 Å². The van der Waals surface area contributed by atoms with Crippen molar-refractivity contribution in [2.45, 2.75) is 44.6 Å². The SMILES string of the molecule is CS(=O)(O)(CN1CCOCC1)NC(=O)c1ccc2c(C3CCCCC3)c3n(c2c1)CC(C(=O)N1CCOCC1)=Cc1ccccc1-3. The van der Waals surface area contributed by atoms with Gasteiger partial charge in [-0.2, -0.15) is 4.21 Å². The third-order valence-corrected chi connectivity index (χ3v) is 11.5. The fraction of sp³-hybridized carbons (Fsp3) is 0.486. The number of amides is 2. The lowest BCUT2D eigenvalue weighted by molar-refractivity contribution is -0.131. The van der Waals surface area contributed by atoms with E-state index in [1.54, 1.807) is 6.07 Å². The third-order valence-electron chi connectivity index (χ3n) is 9.77. The monoisotopic (exact) mass is 648 g/mol. The molecule has 246 valence electrons. The molecule has 7 rings (SSSR count). The van der Waals surface area contributed by atoms with Crippen LogP contribution in [0.25, 0.3) is 28.2 Å². The molecule has 2 saturated heterocycles. The molecule has 0 bridgehead atoms. The zero-order chi connectivity index (χ0) is 31.9. The van der Waals surface area contributed by atoms with Crippen LogP contribution in [0.4, 0.5) is 0 Å². The first-order valence-electron chi connectivity index (χ1n) is 16.5. The summed E-state index contributed by atoms with van der Waals surface area (Å²) < 4.78 is 40.5. The highest BCUT2D eigenvalue weighted by Gasteiger charge is 2.33. The summed E-state index contributed by atoms with van der Waals surface area (Å²) >= 11 is 0. The zero-order valence-corrected chi connectivity index (χ0v) is 27.4. The maximum absolute atomic E-state index is 14.0. The summed E-state index contributed by atoms with van der Waals surface area (Å²) in [5.41, 5.74) is 6.31. The normalized spacial score (nSPS) is 20.6. The average molecular weight is 649 g/mol. The number of hydrogen-bond donors (Lipinski definition) is 2. The highest BCUT2D eigenvalue weighted by Crippen LogP contribution is 2.46. The lowest BCUT2D eigenvalue weighted by atomic mass is 9.81. The molecule has 0 unspecified atom stereocenters. The molecule has 2 amide bonds. The summed E-state index contributed by atoms with van der Waals surface area (Å²) in [6.07, 6.45) is 9.01. The first-order chi connectivity index (χ1) is 22.1. The van der Waals surface area contributed by atoms with Gasteiger partial charge in [-0.3, -0.25) is 23.8 Å². The Hall–Kier alpha value is -3.35. The predicted octanol–water partition coefficient (Wildman–Crippen LogP) is 4.47. The van der Waals surface area contributed by atoms with Crippen LogP contribution in [0.5, 0.6) is 0 Å². The third kappa shape index (κ3) is 6.31. The second-order valence-corrected chi connectivity index (χ2v) is 16.8. The average Bonchev–Trinajstić information content (AvgIpc) is 3.27. The second-order valence-electron chi connectivity index (χ2n) is 13.3. The van der Waals surface area contributed by atoms with E-state index in [2.05, 4.69) is 21.4 Å². The van der Waals surface area contributed by atoms with Gasteiger partial charge >= 0.3 is 0 Å². The molecule has 4 heterocycles. The Kier molecular flexibility index (Phi) is 8.39. The van der Waals surface area contributed by atoms with Gasteiger partial charge in [0.05, 0.1) is 38.7 Å². The zero-order valence-electron chi connectivity index (χ0n) is 26.5. The molecule has 2 N–H and O–H groups in total. The molecule has 1 aliphatic carbocycles. The molecule has 3 aromatic rings. The van der Waals surface area contributed by atoms with Crippen molar-refractivity contribution in [3.63, 3.8) is 0 Å². The minimum atomic E-state index is -4.51. The molecular weight excluding hydrogens is 604 g/mol. The van der Waals surface area contributed by atoms with Crippen molar-refractivity contribution in [2.75, 3.05) is 64.7 Å². The van der Waals surface area contributed by atoms with E-state index in [0.29, 0.717) is 76.2 Å². The quantitative estimate of drug-likeness (QED) is 0.406. The number of carbonyl (C=O) groups excluding carboxylic acids is 2. The van der Waals surface area contributed by atoms with Crippen LogP contribution >= 0.6 is 0 Å². The fourth-order valence-electron chi connectivity index (χ4n) is 7.61. The molecule has 1 saturated carbocycles. The molecule has 46 heavy (non-hydrogen) atoms. The van der Waals surface area contributed by atoms with Crippen molar-refractivity contribution >= 4 is 38.3 Å². The Labute approximate surface area is 270 Å². The van der Waals surface area contributed by atoms with Gasteiger partial charge in [0, 0.05) is 60.0 Å². The van der Waals surface area contributed by atoms with E-state index in [0.717, 1.165) is 40.6 Å². The summed E-state index contributed by atoms with van der Waals surface area (Å²) in [6.45, 7) is 4.56. The number of hydrogen-bond acceptors (Lipinski definition) is 6. The van der Waals surface area contributed by atoms with Crippen LogP contribution in [0.3, 0.4) is 0 Å². The topological polar surface area (TPSA) is 113 Å². The maximum Gasteiger partial charge on any atom is 0.268 e. The number of benzene rings is 2. The number of ether oxygens (including phenoxy) is 2. The summed E-state index contributed by atoms with van der Waals surface area (Å²) in [4.78, 5) is 31.4. The van der Waals surface area contributed by atoms with Crippen LogP contribution in [-0.4, -0.2) is 99.7 Å². The Morgan fingerprint density at radius 3 is 2.39 bits per heavy atom. The highest BCUT2D eigenvalue weighted by molar-refractivity contribution is 8.13. The number of nitrogens with zero attached hydrogens (tertiary/aromatic N) is 3. The lowest BCUT2D eigenvalue weighted by Gasteiger charge is -2.44. The van der Waals surface area contributed by atoms with Gasteiger partial charge in [-0.1, -0.05) is 49.6 Å². The number of morpholine rings is 2. The van der Waals surface area contributed by atoms with E-state index in [4.69, 9.17) is 9.47 Å². The fourth-order valence-corrected chi connectivity index (χ4v) is 9.38. The van der Waals surface area contributed by atoms with E-state index < -0.39 is 15.4 Å². The second kappa shape index (κ2) is 12.4. The predicted molar refractivity (Wildman–Crippen MR) is 180 cm³/mol. The summed E-state index contributed by atoms with van der Waals surface area (Å²) in [5.74, 6) is -0.393. The first kappa shape index (κ1) is 31.3. The molecule has 11 heteroatoms. The number of nitrogens with one attached hydrogen (secondary N) is 1. The van der Waals surface area contributed by atoms with E-state index >= 15 is 0 Å². The van der Waals surface area contributed by atoms with Crippen molar-refractivity contribution in [1.29, 1.82) is 0 Å². The minimum absolute atomic E-state index is 0.00180. The molecule has 0 spiro atoms. The summed E-state index contributed by atoms with van der Waals surface area (Å²) in [5, 5.41) is 1.07. The van der Waals surface area contributed by atoms with Gasteiger partial charge in [0.1, 0.15) is 5.88 Å². The molecule has 0 atom stereocenters. The van der Waals surface area contributed by atoms with Crippen molar-refractivity contribution in [2.24, 2.45) is 0 Å².